The second-order valence-electron chi connectivity index (χ2n) is 6.64. The first kappa shape index (κ1) is 14.4. The van der Waals surface area contributed by atoms with E-state index in [1.165, 1.54) is 18.5 Å². The Bertz CT molecular complexity index is 924. The Morgan fingerprint density at radius 3 is 2.80 bits per heavy atom. The molecule has 0 unspecified atom stereocenters. The number of rotatable bonds is 3. The van der Waals surface area contributed by atoms with Crippen molar-refractivity contribution in [3.8, 4) is 5.69 Å². The van der Waals surface area contributed by atoms with Crippen LogP contribution in [-0.4, -0.2) is 41.9 Å². The number of para-hydroxylation sites is 1. The molecule has 1 fully saturated rings. The minimum absolute atomic E-state index is 0.0891. The predicted molar refractivity (Wildman–Crippen MR) is 90.3 cm³/mol. The van der Waals surface area contributed by atoms with Gasteiger partial charge in [0.1, 0.15) is 0 Å². The summed E-state index contributed by atoms with van der Waals surface area (Å²) in [6, 6.07) is 10.3. The summed E-state index contributed by atoms with van der Waals surface area (Å²) < 4.78 is 3.92. The first-order valence-corrected chi connectivity index (χ1v) is 8.61. The van der Waals surface area contributed by atoms with Crippen LogP contribution >= 0.6 is 0 Å². The molecule has 5 rings (SSSR count). The predicted octanol–water partition coefficient (Wildman–Crippen LogP) is 2.00. The largest absolute Gasteiger partial charge is 0.331 e. The topological polar surface area (TPSA) is 68.8 Å². The monoisotopic (exact) mass is 334 g/mol. The molecule has 1 saturated carbocycles. The number of carbonyl (C=O) groups excluding carboxylic acids is 1. The number of nitrogens with zero attached hydrogens (tertiary/aromatic N) is 6. The molecule has 3 heterocycles. The first-order valence-electron chi connectivity index (χ1n) is 8.61. The molecule has 0 spiro atoms. The molecule has 1 aromatic carbocycles. The lowest BCUT2D eigenvalue weighted by atomic mass is 10.1. The van der Waals surface area contributed by atoms with E-state index in [-0.39, 0.29) is 5.91 Å². The van der Waals surface area contributed by atoms with E-state index in [1.54, 1.807) is 10.9 Å². The fraction of sp³-hybridized carbons (Fsp3) is 0.333. The highest BCUT2D eigenvalue weighted by atomic mass is 16.2. The highest BCUT2D eigenvalue weighted by Gasteiger charge is 2.31. The van der Waals surface area contributed by atoms with Crippen LogP contribution in [-0.2, 0) is 13.0 Å². The molecule has 1 aliphatic heterocycles. The van der Waals surface area contributed by atoms with E-state index in [0.29, 0.717) is 24.8 Å². The summed E-state index contributed by atoms with van der Waals surface area (Å²) >= 11 is 0. The molecule has 0 N–H and O–H groups in total. The molecule has 2 aliphatic rings. The lowest BCUT2D eigenvalue weighted by Gasteiger charge is -2.26. The number of hydrogen-bond acceptors (Lipinski definition) is 4. The molecule has 7 heteroatoms. The Labute approximate surface area is 144 Å². The minimum Gasteiger partial charge on any atom is -0.331 e. The third-order valence-electron chi connectivity index (χ3n) is 4.90. The number of benzene rings is 1. The molecule has 0 radical (unpaired) electrons. The second-order valence-corrected chi connectivity index (χ2v) is 6.64. The van der Waals surface area contributed by atoms with E-state index in [0.717, 1.165) is 17.8 Å². The van der Waals surface area contributed by atoms with Gasteiger partial charge in [0.15, 0.2) is 5.69 Å². The maximum absolute atomic E-state index is 12.8. The Kier molecular flexibility index (Phi) is 3.19. The lowest BCUT2D eigenvalue weighted by molar-refractivity contribution is 0.0725. The molecule has 3 aromatic rings. The third kappa shape index (κ3) is 2.52. The van der Waals surface area contributed by atoms with Crippen molar-refractivity contribution in [2.24, 2.45) is 0 Å². The van der Waals surface area contributed by atoms with Gasteiger partial charge >= 0.3 is 0 Å². The Hall–Kier alpha value is -2.96. The third-order valence-corrected chi connectivity index (χ3v) is 4.90. The SMILES string of the molecule is O=C(c1cn(-c2ccccc2)nn1)N1CCc2c(ncn2C2CC2)C1. The van der Waals surface area contributed by atoms with Crippen LogP contribution in [0.2, 0.25) is 0 Å². The van der Waals surface area contributed by atoms with Gasteiger partial charge < -0.3 is 9.47 Å². The maximum atomic E-state index is 12.8. The second kappa shape index (κ2) is 5.54. The van der Waals surface area contributed by atoms with Gasteiger partial charge in [-0.1, -0.05) is 23.4 Å². The molecule has 1 aliphatic carbocycles. The molecule has 1 amide bonds. The number of hydrogen-bond donors (Lipinski definition) is 0. The summed E-state index contributed by atoms with van der Waals surface area (Å²) in [5.74, 6) is -0.0891. The number of aromatic nitrogens is 5. The van der Waals surface area contributed by atoms with Crippen molar-refractivity contribution < 1.29 is 4.79 Å². The Morgan fingerprint density at radius 1 is 1.16 bits per heavy atom. The zero-order valence-corrected chi connectivity index (χ0v) is 13.7. The fourth-order valence-electron chi connectivity index (χ4n) is 3.40. The highest BCUT2D eigenvalue weighted by molar-refractivity contribution is 5.92. The van der Waals surface area contributed by atoms with E-state index in [4.69, 9.17) is 0 Å². The van der Waals surface area contributed by atoms with Gasteiger partial charge in [-0.3, -0.25) is 4.79 Å². The normalized spacial score (nSPS) is 16.7. The number of amides is 1. The molecule has 25 heavy (non-hydrogen) atoms. The zero-order valence-electron chi connectivity index (χ0n) is 13.7. The summed E-state index contributed by atoms with van der Waals surface area (Å²) in [6.07, 6.45) is 6.96. The van der Waals surface area contributed by atoms with Gasteiger partial charge in [0.2, 0.25) is 0 Å². The summed E-state index contributed by atoms with van der Waals surface area (Å²) in [5, 5.41) is 8.14. The quantitative estimate of drug-likeness (QED) is 0.735. The van der Waals surface area contributed by atoms with Crippen LogP contribution < -0.4 is 0 Å². The first-order chi connectivity index (χ1) is 12.3. The van der Waals surface area contributed by atoms with Gasteiger partial charge in [-0.15, -0.1) is 5.10 Å². The van der Waals surface area contributed by atoms with E-state index in [1.807, 2.05) is 41.6 Å². The van der Waals surface area contributed by atoms with Crippen molar-refractivity contribution in [2.45, 2.75) is 31.8 Å². The van der Waals surface area contributed by atoms with Crippen molar-refractivity contribution >= 4 is 5.91 Å². The Balaban J connectivity index is 1.35. The summed E-state index contributed by atoms with van der Waals surface area (Å²) in [6.45, 7) is 1.24. The number of fused-ring (bicyclic) bond motifs is 1. The standard InChI is InChI=1S/C18H18N6O/c25-18(16-11-24(21-20-16)14-4-2-1-3-5-14)22-9-8-17-15(10-22)19-12-23(17)13-6-7-13/h1-5,11-13H,6-10H2. The maximum Gasteiger partial charge on any atom is 0.276 e. The molecule has 126 valence electrons. The zero-order chi connectivity index (χ0) is 16.8. The van der Waals surface area contributed by atoms with E-state index in [9.17, 15) is 4.79 Å². The van der Waals surface area contributed by atoms with E-state index >= 15 is 0 Å². The van der Waals surface area contributed by atoms with Gasteiger partial charge in [-0.05, 0) is 25.0 Å². The van der Waals surface area contributed by atoms with Crippen molar-refractivity contribution in [2.75, 3.05) is 6.54 Å². The smallest absolute Gasteiger partial charge is 0.276 e. The summed E-state index contributed by atoms with van der Waals surface area (Å²) in [4.78, 5) is 19.1. The van der Waals surface area contributed by atoms with Crippen LogP contribution in [0.15, 0.2) is 42.9 Å². The number of carbonyl (C=O) groups is 1. The van der Waals surface area contributed by atoms with Gasteiger partial charge in [0.25, 0.3) is 5.91 Å². The van der Waals surface area contributed by atoms with Crippen LogP contribution in [0.5, 0.6) is 0 Å². The molecular formula is C18H18N6O. The van der Waals surface area contributed by atoms with Crippen molar-refractivity contribution in [3.63, 3.8) is 0 Å². The average molecular weight is 334 g/mol. The van der Waals surface area contributed by atoms with Crippen LogP contribution in [0.25, 0.3) is 5.69 Å². The van der Waals surface area contributed by atoms with Crippen LogP contribution in [0.4, 0.5) is 0 Å². The van der Waals surface area contributed by atoms with Crippen LogP contribution in [0.1, 0.15) is 40.8 Å². The fourth-order valence-corrected chi connectivity index (χ4v) is 3.40. The van der Waals surface area contributed by atoms with Crippen molar-refractivity contribution in [3.05, 3.63) is 59.9 Å². The van der Waals surface area contributed by atoms with Gasteiger partial charge in [-0.25, -0.2) is 9.67 Å². The Morgan fingerprint density at radius 2 is 2.00 bits per heavy atom. The summed E-state index contributed by atoms with van der Waals surface area (Å²) in [5.41, 5.74) is 3.56. The molecule has 0 atom stereocenters. The highest BCUT2D eigenvalue weighted by Crippen LogP contribution is 2.37. The minimum atomic E-state index is -0.0891. The average Bonchev–Trinajstić information content (AvgIpc) is 3.22. The van der Waals surface area contributed by atoms with Gasteiger partial charge in [-0.2, -0.15) is 0 Å². The molecule has 2 aromatic heterocycles. The molecule has 0 saturated heterocycles. The van der Waals surface area contributed by atoms with Gasteiger partial charge in [0.05, 0.1) is 30.5 Å². The molecule has 0 bridgehead atoms. The lowest BCUT2D eigenvalue weighted by Crippen LogP contribution is -2.36. The van der Waals surface area contributed by atoms with Crippen molar-refractivity contribution in [1.29, 1.82) is 0 Å². The van der Waals surface area contributed by atoms with Crippen molar-refractivity contribution in [1.82, 2.24) is 29.4 Å². The van der Waals surface area contributed by atoms with E-state index in [2.05, 4.69) is 19.9 Å². The van der Waals surface area contributed by atoms with E-state index < -0.39 is 0 Å². The van der Waals surface area contributed by atoms with Crippen LogP contribution in [0, 0.1) is 0 Å². The van der Waals surface area contributed by atoms with Gasteiger partial charge in [0, 0.05) is 24.7 Å². The number of imidazole rings is 1. The molecule has 7 nitrogen and oxygen atoms in total. The van der Waals surface area contributed by atoms with Crippen LogP contribution in [0.3, 0.4) is 0 Å². The molecular weight excluding hydrogens is 316 g/mol. The summed E-state index contributed by atoms with van der Waals surface area (Å²) in [7, 11) is 0.